The summed E-state index contributed by atoms with van der Waals surface area (Å²) in [6, 6.07) is 14.2. The Balaban J connectivity index is 2.17. The Morgan fingerprint density at radius 1 is 1.06 bits per heavy atom. The third-order valence-electron chi connectivity index (χ3n) is 5.67. The second-order valence-electron chi connectivity index (χ2n) is 9.31. The van der Waals surface area contributed by atoms with Gasteiger partial charge in [0, 0.05) is 16.1 Å². The van der Waals surface area contributed by atoms with Crippen LogP contribution in [0, 0.1) is 0 Å². The molecule has 0 spiro atoms. The number of benzene rings is 2. The van der Waals surface area contributed by atoms with Gasteiger partial charge in [-0.2, -0.15) is 0 Å². The molecule has 3 rings (SSSR count). The summed E-state index contributed by atoms with van der Waals surface area (Å²) in [5, 5.41) is 1.16. The Hall–Kier alpha value is -2.50. The lowest BCUT2D eigenvalue weighted by Gasteiger charge is -2.46. The number of carbonyl (C=O) groups is 2. The normalized spacial score (nSPS) is 19.9. The SMILES string of the molecule is CCC(CC)N1C(=O)/C(=C\C(=O)OC(C)(C)C)O[C@H](c2cccc(Cl)c2)[C@H]1c1ccc(Cl)cc1. The lowest BCUT2D eigenvalue weighted by molar-refractivity contribution is -0.155. The quantitative estimate of drug-likeness (QED) is 0.313. The number of hydrogen-bond acceptors (Lipinski definition) is 4. The summed E-state index contributed by atoms with van der Waals surface area (Å²) in [6.07, 6.45) is 2.05. The molecule has 182 valence electrons. The molecule has 2 aromatic rings. The monoisotopic (exact) mass is 503 g/mol. The van der Waals surface area contributed by atoms with Crippen LogP contribution in [0.2, 0.25) is 10.0 Å². The largest absolute Gasteiger partial charge is 0.477 e. The molecule has 1 heterocycles. The van der Waals surface area contributed by atoms with Gasteiger partial charge in [-0.15, -0.1) is 0 Å². The summed E-state index contributed by atoms with van der Waals surface area (Å²) in [7, 11) is 0. The molecule has 0 unspecified atom stereocenters. The second kappa shape index (κ2) is 10.8. The number of hydrogen-bond donors (Lipinski definition) is 0. The zero-order valence-electron chi connectivity index (χ0n) is 20.2. The van der Waals surface area contributed by atoms with Gasteiger partial charge in [0.2, 0.25) is 0 Å². The Labute approximate surface area is 211 Å². The molecular weight excluding hydrogens is 473 g/mol. The molecule has 1 fully saturated rings. The highest BCUT2D eigenvalue weighted by molar-refractivity contribution is 6.30. The summed E-state index contributed by atoms with van der Waals surface area (Å²) in [6.45, 7) is 9.40. The fraction of sp³-hybridized carbons (Fsp3) is 0.407. The van der Waals surface area contributed by atoms with Gasteiger partial charge in [-0.05, 0) is 69.0 Å². The topological polar surface area (TPSA) is 55.8 Å². The fourth-order valence-electron chi connectivity index (χ4n) is 4.19. The van der Waals surface area contributed by atoms with E-state index in [9.17, 15) is 9.59 Å². The van der Waals surface area contributed by atoms with Crippen molar-refractivity contribution < 1.29 is 19.1 Å². The zero-order valence-corrected chi connectivity index (χ0v) is 21.7. The van der Waals surface area contributed by atoms with E-state index < -0.39 is 23.7 Å². The predicted octanol–water partition coefficient (Wildman–Crippen LogP) is 7.05. The molecule has 0 radical (unpaired) electrons. The molecule has 1 aliphatic heterocycles. The molecule has 1 amide bonds. The number of amides is 1. The van der Waals surface area contributed by atoms with Gasteiger partial charge in [0.25, 0.3) is 5.91 Å². The van der Waals surface area contributed by atoms with E-state index in [1.54, 1.807) is 39.0 Å². The van der Waals surface area contributed by atoms with E-state index in [0.717, 1.165) is 30.0 Å². The molecule has 0 bridgehead atoms. The number of carbonyl (C=O) groups excluding carboxylic acids is 2. The number of esters is 1. The van der Waals surface area contributed by atoms with Crippen LogP contribution in [0.3, 0.4) is 0 Å². The van der Waals surface area contributed by atoms with Crippen molar-refractivity contribution >= 4 is 35.1 Å². The van der Waals surface area contributed by atoms with E-state index >= 15 is 0 Å². The molecular formula is C27H31Cl2NO4. The van der Waals surface area contributed by atoms with Crippen molar-refractivity contribution in [1.29, 1.82) is 0 Å². The van der Waals surface area contributed by atoms with Crippen molar-refractivity contribution in [3.8, 4) is 0 Å². The molecule has 0 aliphatic carbocycles. The van der Waals surface area contributed by atoms with Gasteiger partial charge in [0.15, 0.2) is 5.76 Å². The summed E-state index contributed by atoms with van der Waals surface area (Å²) < 4.78 is 11.7. The molecule has 1 saturated heterocycles. The number of rotatable bonds is 6. The molecule has 2 aromatic carbocycles. The van der Waals surface area contributed by atoms with Crippen molar-refractivity contribution in [3.05, 3.63) is 81.5 Å². The average molecular weight is 504 g/mol. The third kappa shape index (κ3) is 6.13. The average Bonchev–Trinajstić information content (AvgIpc) is 2.76. The van der Waals surface area contributed by atoms with Gasteiger partial charge < -0.3 is 14.4 Å². The number of halogens is 2. The Morgan fingerprint density at radius 2 is 1.71 bits per heavy atom. The maximum Gasteiger partial charge on any atom is 0.335 e. The van der Waals surface area contributed by atoms with Gasteiger partial charge in [-0.3, -0.25) is 4.79 Å². The highest BCUT2D eigenvalue weighted by Gasteiger charge is 2.44. The third-order valence-corrected chi connectivity index (χ3v) is 6.15. The van der Waals surface area contributed by atoms with E-state index in [1.807, 2.05) is 49.1 Å². The molecule has 0 aromatic heterocycles. The number of nitrogens with zero attached hydrogens (tertiary/aromatic N) is 1. The fourth-order valence-corrected chi connectivity index (χ4v) is 4.51. The van der Waals surface area contributed by atoms with Gasteiger partial charge in [0.05, 0.1) is 12.1 Å². The van der Waals surface area contributed by atoms with Gasteiger partial charge in [-0.1, -0.05) is 61.3 Å². The summed E-state index contributed by atoms with van der Waals surface area (Å²) in [4.78, 5) is 28.2. The van der Waals surface area contributed by atoms with E-state index in [2.05, 4.69) is 0 Å². The number of ether oxygens (including phenoxy) is 2. The van der Waals surface area contributed by atoms with Crippen LogP contribution in [0.4, 0.5) is 0 Å². The van der Waals surface area contributed by atoms with Gasteiger partial charge in [-0.25, -0.2) is 4.79 Å². The highest BCUT2D eigenvalue weighted by atomic mass is 35.5. The van der Waals surface area contributed by atoms with Crippen LogP contribution in [0.1, 0.15) is 70.7 Å². The maximum absolute atomic E-state index is 13.8. The first-order valence-electron chi connectivity index (χ1n) is 11.5. The first-order valence-corrected chi connectivity index (χ1v) is 12.2. The minimum atomic E-state index is -0.695. The van der Waals surface area contributed by atoms with Crippen molar-refractivity contribution in [2.75, 3.05) is 0 Å². The molecule has 1 aliphatic rings. The lowest BCUT2D eigenvalue weighted by atomic mass is 9.90. The van der Waals surface area contributed by atoms with Crippen molar-refractivity contribution in [3.63, 3.8) is 0 Å². The zero-order chi connectivity index (χ0) is 25.0. The highest BCUT2D eigenvalue weighted by Crippen LogP contribution is 2.45. The Kier molecular flexibility index (Phi) is 8.32. The number of morpholine rings is 1. The van der Waals surface area contributed by atoms with Crippen LogP contribution in [-0.4, -0.2) is 28.4 Å². The first kappa shape index (κ1) is 26.1. The van der Waals surface area contributed by atoms with E-state index in [0.29, 0.717) is 10.0 Å². The maximum atomic E-state index is 13.8. The van der Waals surface area contributed by atoms with Crippen molar-refractivity contribution in [2.45, 2.75) is 71.2 Å². The lowest BCUT2D eigenvalue weighted by Crippen LogP contribution is -2.49. The minimum absolute atomic E-state index is 0.0451. The molecule has 34 heavy (non-hydrogen) atoms. The van der Waals surface area contributed by atoms with Crippen LogP contribution in [-0.2, 0) is 19.1 Å². The summed E-state index contributed by atoms with van der Waals surface area (Å²) in [5.41, 5.74) is 0.982. The molecule has 0 N–H and O–H groups in total. The standard InChI is InChI=1S/C27H31Cl2NO4/c1-6-21(7-2)30-24(17-11-13-19(28)14-12-17)25(18-9-8-10-20(29)15-18)33-22(26(30)32)16-23(31)34-27(3,4)5/h8-16,21,24-25H,6-7H2,1-5H3/b22-16+/t24-,25-/m1/s1. The molecule has 0 saturated carbocycles. The van der Waals surface area contributed by atoms with E-state index in [-0.39, 0.29) is 17.7 Å². The predicted molar refractivity (Wildman–Crippen MR) is 135 cm³/mol. The Bertz CT molecular complexity index is 1060. The van der Waals surface area contributed by atoms with Crippen molar-refractivity contribution in [1.82, 2.24) is 4.90 Å². The van der Waals surface area contributed by atoms with Crippen LogP contribution in [0.25, 0.3) is 0 Å². The first-order chi connectivity index (χ1) is 16.0. The molecule has 5 nitrogen and oxygen atoms in total. The van der Waals surface area contributed by atoms with Crippen LogP contribution in [0.5, 0.6) is 0 Å². The van der Waals surface area contributed by atoms with E-state index in [4.69, 9.17) is 32.7 Å². The van der Waals surface area contributed by atoms with Crippen molar-refractivity contribution in [2.24, 2.45) is 0 Å². The van der Waals surface area contributed by atoms with E-state index in [1.165, 1.54) is 0 Å². The Morgan fingerprint density at radius 3 is 2.26 bits per heavy atom. The van der Waals surface area contributed by atoms with Crippen LogP contribution in [0.15, 0.2) is 60.4 Å². The van der Waals surface area contributed by atoms with Gasteiger partial charge >= 0.3 is 5.97 Å². The second-order valence-corrected chi connectivity index (χ2v) is 10.2. The summed E-state index contributed by atoms with van der Waals surface area (Å²) >= 11 is 12.5. The van der Waals surface area contributed by atoms with Crippen LogP contribution < -0.4 is 0 Å². The minimum Gasteiger partial charge on any atom is -0.477 e. The smallest absolute Gasteiger partial charge is 0.335 e. The van der Waals surface area contributed by atoms with Crippen LogP contribution >= 0.6 is 23.2 Å². The molecule has 2 atom stereocenters. The van der Waals surface area contributed by atoms with Gasteiger partial charge in [0.1, 0.15) is 11.7 Å². The summed E-state index contributed by atoms with van der Waals surface area (Å²) in [5.74, 6) is -1.02. The molecule has 7 heteroatoms.